The summed E-state index contributed by atoms with van der Waals surface area (Å²) in [6.45, 7) is 7.93. The van der Waals surface area contributed by atoms with Crippen LogP contribution >= 0.6 is 24.4 Å². The Morgan fingerprint density at radius 1 is 0.808 bits per heavy atom. The highest BCUT2D eigenvalue weighted by Crippen LogP contribution is 2.13. The van der Waals surface area contributed by atoms with Gasteiger partial charge in [0.1, 0.15) is 0 Å². The van der Waals surface area contributed by atoms with Crippen LogP contribution in [-0.2, 0) is 9.59 Å². The van der Waals surface area contributed by atoms with Crippen molar-refractivity contribution >= 4 is 57.6 Å². The van der Waals surface area contributed by atoms with Crippen molar-refractivity contribution < 1.29 is 9.59 Å². The fourth-order valence-electron chi connectivity index (χ4n) is 1.80. The van der Waals surface area contributed by atoms with Crippen LogP contribution in [0.15, 0.2) is 24.3 Å². The SMILES string of the molecule is CCC(C)NC(=S)C(=O)Nc1ccc(NC(=O)C(=S)NC(C)CC)cc1. The van der Waals surface area contributed by atoms with Gasteiger partial charge in [-0.15, -0.1) is 0 Å². The maximum atomic E-state index is 12.0. The Morgan fingerprint density at radius 3 is 1.38 bits per heavy atom. The van der Waals surface area contributed by atoms with Gasteiger partial charge in [0, 0.05) is 23.5 Å². The Hall–Kier alpha value is -2.06. The van der Waals surface area contributed by atoms with Crippen LogP contribution in [0.25, 0.3) is 0 Å². The Kier molecular flexibility index (Phi) is 9.15. The average molecular weight is 395 g/mol. The van der Waals surface area contributed by atoms with E-state index in [9.17, 15) is 9.59 Å². The summed E-state index contributed by atoms with van der Waals surface area (Å²) in [4.78, 5) is 24.4. The van der Waals surface area contributed by atoms with E-state index in [1.165, 1.54) is 0 Å². The molecule has 1 rings (SSSR count). The standard InChI is InChI=1S/C18H26N4O2S2/c1-5-11(3)19-17(25)15(23)21-13-7-9-14(10-8-13)22-16(24)18(26)20-12(4)6-2/h7-12H,5-6H2,1-4H3,(H,19,25)(H,20,26)(H,21,23)(H,22,24). The molecule has 0 radical (unpaired) electrons. The molecule has 6 nitrogen and oxygen atoms in total. The van der Waals surface area contributed by atoms with Crippen molar-refractivity contribution in [3.05, 3.63) is 24.3 Å². The van der Waals surface area contributed by atoms with E-state index in [0.29, 0.717) is 11.4 Å². The summed E-state index contributed by atoms with van der Waals surface area (Å²) in [6.07, 6.45) is 1.74. The first-order valence-corrected chi connectivity index (χ1v) is 9.42. The maximum Gasteiger partial charge on any atom is 0.283 e. The lowest BCUT2D eigenvalue weighted by atomic mass is 10.2. The Balaban J connectivity index is 2.58. The molecular weight excluding hydrogens is 368 g/mol. The van der Waals surface area contributed by atoms with E-state index in [1.807, 2.05) is 27.7 Å². The molecule has 0 heterocycles. The molecule has 0 aromatic heterocycles. The zero-order valence-electron chi connectivity index (χ0n) is 15.5. The Morgan fingerprint density at radius 2 is 1.12 bits per heavy atom. The summed E-state index contributed by atoms with van der Waals surface area (Å²) in [5, 5.41) is 11.4. The third kappa shape index (κ3) is 7.45. The van der Waals surface area contributed by atoms with Gasteiger partial charge in [-0.25, -0.2) is 0 Å². The summed E-state index contributed by atoms with van der Waals surface area (Å²) in [6, 6.07) is 7.02. The molecule has 142 valence electrons. The van der Waals surface area contributed by atoms with Crippen molar-refractivity contribution in [2.24, 2.45) is 0 Å². The fraction of sp³-hybridized carbons (Fsp3) is 0.444. The molecule has 2 atom stereocenters. The van der Waals surface area contributed by atoms with Crippen molar-refractivity contribution in [2.75, 3.05) is 10.6 Å². The van der Waals surface area contributed by atoms with Gasteiger partial charge in [-0.1, -0.05) is 38.3 Å². The molecule has 0 fully saturated rings. The normalized spacial score (nSPS) is 12.5. The minimum absolute atomic E-state index is 0.138. The lowest BCUT2D eigenvalue weighted by Gasteiger charge is -2.14. The smallest absolute Gasteiger partial charge is 0.283 e. The zero-order chi connectivity index (χ0) is 19.7. The van der Waals surface area contributed by atoms with Crippen LogP contribution < -0.4 is 21.3 Å². The van der Waals surface area contributed by atoms with Gasteiger partial charge in [0.15, 0.2) is 9.98 Å². The number of carbonyl (C=O) groups is 2. The number of nitrogens with one attached hydrogen (secondary N) is 4. The van der Waals surface area contributed by atoms with E-state index in [0.717, 1.165) is 12.8 Å². The van der Waals surface area contributed by atoms with Crippen LogP contribution in [0.4, 0.5) is 11.4 Å². The molecule has 8 heteroatoms. The molecule has 0 bridgehead atoms. The number of thiocarbonyl (C=S) groups is 2. The average Bonchev–Trinajstić information content (AvgIpc) is 2.62. The molecule has 0 aliphatic rings. The van der Waals surface area contributed by atoms with E-state index in [4.69, 9.17) is 24.4 Å². The molecule has 1 aromatic carbocycles. The predicted molar refractivity (Wildman–Crippen MR) is 115 cm³/mol. The highest BCUT2D eigenvalue weighted by Gasteiger charge is 2.13. The Labute approximate surface area is 165 Å². The summed E-state index contributed by atoms with van der Waals surface area (Å²) in [7, 11) is 0. The van der Waals surface area contributed by atoms with Gasteiger partial charge in [-0.2, -0.15) is 0 Å². The largest absolute Gasteiger partial charge is 0.369 e. The van der Waals surface area contributed by atoms with Crippen LogP contribution in [0.1, 0.15) is 40.5 Å². The van der Waals surface area contributed by atoms with Gasteiger partial charge >= 0.3 is 0 Å². The maximum absolute atomic E-state index is 12.0. The van der Waals surface area contributed by atoms with Crippen molar-refractivity contribution in [3.8, 4) is 0 Å². The third-order valence-electron chi connectivity index (χ3n) is 3.79. The third-order valence-corrected chi connectivity index (χ3v) is 4.40. The summed E-state index contributed by atoms with van der Waals surface area (Å²) in [5.41, 5.74) is 1.17. The first-order valence-electron chi connectivity index (χ1n) is 8.60. The topological polar surface area (TPSA) is 82.3 Å². The number of amides is 2. The van der Waals surface area contributed by atoms with Crippen LogP contribution in [0.3, 0.4) is 0 Å². The monoisotopic (exact) mass is 394 g/mol. The molecule has 4 N–H and O–H groups in total. The van der Waals surface area contributed by atoms with Crippen LogP contribution in [0, 0.1) is 0 Å². The molecule has 0 saturated heterocycles. The fourth-order valence-corrected chi connectivity index (χ4v) is 2.30. The van der Waals surface area contributed by atoms with Crippen LogP contribution in [-0.4, -0.2) is 33.9 Å². The van der Waals surface area contributed by atoms with Gasteiger partial charge in [0.25, 0.3) is 11.8 Å². The van der Waals surface area contributed by atoms with Crippen LogP contribution in [0.2, 0.25) is 0 Å². The number of rotatable bonds is 6. The number of hydrogen-bond donors (Lipinski definition) is 4. The first-order chi connectivity index (χ1) is 12.3. The summed E-state index contributed by atoms with van der Waals surface area (Å²) >= 11 is 10.1. The van der Waals surface area contributed by atoms with E-state index >= 15 is 0 Å². The van der Waals surface area contributed by atoms with E-state index in [2.05, 4.69) is 21.3 Å². The van der Waals surface area contributed by atoms with Gasteiger partial charge in [-0.3, -0.25) is 9.59 Å². The minimum atomic E-state index is -0.365. The molecule has 1 aromatic rings. The second-order valence-electron chi connectivity index (χ2n) is 6.05. The van der Waals surface area contributed by atoms with Crippen molar-refractivity contribution in [1.29, 1.82) is 0 Å². The van der Waals surface area contributed by atoms with E-state index in [1.54, 1.807) is 24.3 Å². The molecule has 2 unspecified atom stereocenters. The highest BCUT2D eigenvalue weighted by atomic mass is 32.1. The number of benzene rings is 1. The molecule has 0 saturated carbocycles. The van der Waals surface area contributed by atoms with Gasteiger partial charge in [0.2, 0.25) is 0 Å². The molecule has 26 heavy (non-hydrogen) atoms. The van der Waals surface area contributed by atoms with Crippen molar-refractivity contribution in [1.82, 2.24) is 10.6 Å². The summed E-state index contributed by atoms with van der Waals surface area (Å²) in [5.74, 6) is -0.730. The lowest BCUT2D eigenvalue weighted by molar-refractivity contribution is -0.111. The van der Waals surface area contributed by atoms with Crippen molar-refractivity contribution in [3.63, 3.8) is 0 Å². The second-order valence-corrected chi connectivity index (χ2v) is 6.87. The molecular formula is C18H26N4O2S2. The predicted octanol–water partition coefficient (Wildman–Crippen LogP) is 2.99. The quantitative estimate of drug-likeness (QED) is 0.555. The van der Waals surface area contributed by atoms with Crippen molar-refractivity contribution in [2.45, 2.75) is 52.6 Å². The number of carbonyl (C=O) groups excluding carboxylic acids is 2. The highest BCUT2D eigenvalue weighted by molar-refractivity contribution is 7.82. The van der Waals surface area contributed by atoms with E-state index in [-0.39, 0.29) is 33.9 Å². The van der Waals surface area contributed by atoms with E-state index < -0.39 is 0 Å². The molecule has 0 aliphatic carbocycles. The molecule has 0 aliphatic heterocycles. The molecule has 0 spiro atoms. The number of hydrogen-bond acceptors (Lipinski definition) is 4. The summed E-state index contributed by atoms with van der Waals surface area (Å²) < 4.78 is 0. The molecule has 2 amide bonds. The lowest BCUT2D eigenvalue weighted by Crippen LogP contribution is -2.39. The second kappa shape index (κ2) is 10.8. The van der Waals surface area contributed by atoms with Gasteiger partial charge < -0.3 is 21.3 Å². The Bertz CT molecular complexity index is 605. The van der Waals surface area contributed by atoms with Gasteiger partial charge in [-0.05, 0) is 51.0 Å². The number of anilines is 2. The van der Waals surface area contributed by atoms with Gasteiger partial charge in [0.05, 0.1) is 0 Å². The zero-order valence-corrected chi connectivity index (χ0v) is 17.1. The minimum Gasteiger partial charge on any atom is -0.369 e. The first kappa shape index (κ1) is 22.0. The van der Waals surface area contributed by atoms with Crippen LogP contribution in [0.5, 0.6) is 0 Å².